The van der Waals surface area contributed by atoms with Crippen LogP contribution in [-0.4, -0.2) is 52.3 Å². The van der Waals surface area contributed by atoms with E-state index in [0.717, 1.165) is 54.0 Å². The lowest BCUT2D eigenvalue weighted by Gasteiger charge is -2.50. The molecule has 1 N–H and O–H groups in total. The number of carbonyl (C=O) groups excluding carboxylic acids is 2. The highest BCUT2D eigenvalue weighted by Gasteiger charge is 2.52. The van der Waals surface area contributed by atoms with E-state index in [1.165, 1.54) is 12.1 Å². The monoisotopic (exact) mass is 554 g/mol. The molecule has 1 saturated carbocycles. The first-order valence-corrected chi connectivity index (χ1v) is 14.3. The average Bonchev–Trinajstić information content (AvgIpc) is 3.65. The number of rotatable bonds is 4. The Morgan fingerprint density at radius 3 is 2.56 bits per heavy atom. The average molecular weight is 555 g/mol. The Kier molecular flexibility index (Phi) is 6.08. The van der Waals surface area contributed by atoms with Crippen molar-refractivity contribution >= 4 is 23.7 Å². The highest BCUT2D eigenvalue weighted by atomic mass is 19.1. The van der Waals surface area contributed by atoms with Gasteiger partial charge in [-0.25, -0.2) is 13.8 Å². The molecule has 2 amide bonds. The van der Waals surface area contributed by atoms with Crippen LogP contribution in [-0.2, 0) is 27.8 Å². The summed E-state index contributed by atoms with van der Waals surface area (Å²) in [5.41, 5.74) is 3.52. The number of pyridine rings is 1. The number of anilines is 1. The number of halogens is 2. The zero-order valence-corrected chi connectivity index (χ0v) is 23.0. The Balaban J connectivity index is 1.15. The van der Waals surface area contributed by atoms with Crippen LogP contribution in [0.25, 0.3) is 6.08 Å². The second kappa shape index (κ2) is 9.58. The fourth-order valence-corrected chi connectivity index (χ4v) is 7.62. The Labute approximate surface area is 238 Å². The van der Waals surface area contributed by atoms with Crippen molar-refractivity contribution < 1.29 is 18.4 Å². The maximum atomic E-state index is 14.2. The van der Waals surface area contributed by atoms with Crippen molar-refractivity contribution in [1.29, 1.82) is 0 Å². The minimum Gasteiger partial charge on any atom is -0.329 e. The molecular formula is C33H32F2N4O2. The molecule has 210 valence electrons. The second-order valence-corrected chi connectivity index (χ2v) is 12.0. The molecule has 3 heterocycles. The molecule has 2 aliphatic carbocycles. The third kappa shape index (κ3) is 4.10. The van der Waals surface area contributed by atoms with Gasteiger partial charge in [-0.15, -0.1) is 0 Å². The van der Waals surface area contributed by atoms with Gasteiger partial charge in [-0.05, 0) is 73.2 Å². The molecule has 8 heteroatoms. The minimum atomic E-state index is -0.642. The van der Waals surface area contributed by atoms with E-state index in [0.29, 0.717) is 37.3 Å². The van der Waals surface area contributed by atoms with Crippen LogP contribution in [0.3, 0.4) is 0 Å². The Hall–Kier alpha value is -3.91. The first-order valence-electron chi connectivity index (χ1n) is 14.3. The third-order valence-electron chi connectivity index (χ3n) is 9.73. The smallest absolute Gasteiger partial charge is 0.243 e. The van der Waals surface area contributed by atoms with E-state index < -0.39 is 28.6 Å². The van der Waals surface area contributed by atoms with Gasteiger partial charge in [-0.3, -0.25) is 14.5 Å². The van der Waals surface area contributed by atoms with Crippen LogP contribution < -0.4 is 5.32 Å². The van der Waals surface area contributed by atoms with Gasteiger partial charge in [0.05, 0.1) is 11.5 Å². The van der Waals surface area contributed by atoms with Crippen LogP contribution in [0.1, 0.15) is 59.5 Å². The van der Waals surface area contributed by atoms with E-state index in [4.69, 9.17) is 0 Å². The fourth-order valence-electron chi connectivity index (χ4n) is 7.62. The first kappa shape index (κ1) is 26.0. The number of fused-ring (bicyclic) bond motifs is 3. The third-order valence-corrected chi connectivity index (χ3v) is 9.73. The molecule has 41 heavy (non-hydrogen) atoms. The molecule has 2 aliphatic heterocycles. The number of aromatic nitrogens is 1. The molecule has 4 aliphatic rings. The lowest BCUT2D eigenvalue weighted by Crippen LogP contribution is -2.64. The topological polar surface area (TPSA) is 65.5 Å². The maximum absolute atomic E-state index is 14.2. The van der Waals surface area contributed by atoms with Gasteiger partial charge >= 0.3 is 0 Å². The van der Waals surface area contributed by atoms with E-state index in [-0.39, 0.29) is 11.8 Å². The molecule has 2 atom stereocenters. The van der Waals surface area contributed by atoms with Gasteiger partial charge in [0.1, 0.15) is 23.0 Å². The SMILES string of the molecule is CN1C[C@@H](c2cc(F)cc(F)c2)N(CC=Cc2ccc3c(c2)C[C@@]2(C3)C(=O)Nc3ncccc32)C(=O)C12CCCC2. The lowest BCUT2D eigenvalue weighted by molar-refractivity contribution is -0.154. The number of carbonyl (C=O) groups is 2. The van der Waals surface area contributed by atoms with Gasteiger partial charge in [0.2, 0.25) is 11.8 Å². The fraction of sp³-hybridized carbons (Fsp3) is 0.364. The van der Waals surface area contributed by atoms with Crippen molar-refractivity contribution in [2.75, 3.05) is 25.5 Å². The normalized spacial score (nSPS) is 25.0. The van der Waals surface area contributed by atoms with Crippen molar-refractivity contribution in [2.24, 2.45) is 0 Å². The predicted molar refractivity (Wildman–Crippen MR) is 152 cm³/mol. The van der Waals surface area contributed by atoms with E-state index in [1.54, 1.807) is 11.1 Å². The van der Waals surface area contributed by atoms with Gasteiger partial charge in [-0.2, -0.15) is 0 Å². The van der Waals surface area contributed by atoms with Crippen molar-refractivity contribution in [3.8, 4) is 0 Å². The molecule has 2 spiro atoms. The van der Waals surface area contributed by atoms with Crippen LogP contribution >= 0.6 is 0 Å². The van der Waals surface area contributed by atoms with Crippen LogP contribution in [0.2, 0.25) is 0 Å². The van der Waals surface area contributed by atoms with E-state index in [2.05, 4.69) is 27.3 Å². The summed E-state index contributed by atoms with van der Waals surface area (Å²) >= 11 is 0. The summed E-state index contributed by atoms with van der Waals surface area (Å²) in [7, 11) is 1.95. The maximum Gasteiger partial charge on any atom is 0.243 e. The first-order chi connectivity index (χ1) is 19.8. The lowest BCUT2D eigenvalue weighted by atomic mass is 9.79. The summed E-state index contributed by atoms with van der Waals surface area (Å²) in [6.45, 7) is 0.849. The molecule has 2 fully saturated rings. The molecule has 0 radical (unpaired) electrons. The van der Waals surface area contributed by atoms with Crippen LogP contribution in [0.15, 0.2) is 60.8 Å². The molecule has 2 aromatic carbocycles. The standard InChI is InChI=1S/C33H32F2N4O2/c1-38-20-28(23-15-25(34)17-26(35)16-23)39(31(41)33(38)10-2-3-11-33)13-5-6-21-8-9-22-18-32(19-24(22)14-21)27-7-4-12-36-29(27)37-30(32)40/h4-9,12,14-17,28H,2-3,10-11,13,18-20H2,1H3,(H,36,37,40)/t28-,32+/m0/s1. The second-order valence-electron chi connectivity index (χ2n) is 12.0. The van der Waals surface area contributed by atoms with Crippen molar-refractivity contribution in [3.05, 3.63) is 100 Å². The molecule has 0 unspecified atom stereocenters. The van der Waals surface area contributed by atoms with E-state index in [1.807, 2.05) is 37.4 Å². The molecular weight excluding hydrogens is 522 g/mol. The summed E-state index contributed by atoms with van der Waals surface area (Å²) in [6.07, 6.45) is 10.5. The van der Waals surface area contributed by atoms with E-state index >= 15 is 0 Å². The molecule has 3 aromatic rings. The Morgan fingerprint density at radius 1 is 1.02 bits per heavy atom. The molecule has 0 bridgehead atoms. The van der Waals surface area contributed by atoms with Crippen LogP contribution in [0.4, 0.5) is 14.6 Å². The van der Waals surface area contributed by atoms with Crippen molar-refractivity contribution in [1.82, 2.24) is 14.8 Å². The molecule has 7 rings (SSSR count). The van der Waals surface area contributed by atoms with Gasteiger partial charge in [0.15, 0.2) is 0 Å². The minimum absolute atomic E-state index is 0.00580. The van der Waals surface area contributed by atoms with Crippen LogP contribution in [0, 0.1) is 11.6 Å². The van der Waals surface area contributed by atoms with Gasteiger partial charge in [0, 0.05) is 30.9 Å². The number of hydrogen-bond donors (Lipinski definition) is 1. The molecule has 1 saturated heterocycles. The summed E-state index contributed by atoms with van der Waals surface area (Å²) in [6, 6.07) is 13.2. The predicted octanol–water partition coefficient (Wildman–Crippen LogP) is 5.19. The van der Waals surface area contributed by atoms with Gasteiger partial charge in [0.25, 0.3) is 0 Å². The largest absolute Gasteiger partial charge is 0.329 e. The van der Waals surface area contributed by atoms with Gasteiger partial charge in [-0.1, -0.05) is 49.3 Å². The quantitative estimate of drug-likeness (QED) is 0.482. The van der Waals surface area contributed by atoms with Crippen molar-refractivity contribution in [2.45, 2.75) is 55.5 Å². The molecule has 1 aromatic heterocycles. The van der Waals surface area contributed by atoms with E-state index in [9.17, 15) is 18.4 Å². The number of amides is 2. The summed E-state index contributed by atoms with van der Waals surface area (Å²) in [4.78, 5) is 35.3. The van der Waals surface area contributed by atoms with Gasteiger partial charge < -0.3 is 10.2 Å². The number of nitrogens with zero attached hydrogens (tertiary/aromatic N) is 3. The number of likely N-dealkylation sites (N-methyl/N-ethyl adjacent to an activating group) is 1. The number of benzene rings is 2. The highest BCUT2D eigenvalue weighted by molar-refractivity contribution is 6.06. The zero-order valence-electron chi connectivity index (χ0n) is 23.0. The highest BCUT2D eigenvalue weighted by Crippen LogP contribution is 2.47. The summed E-state index contributed by atoms with van der Waals surface area (Å²) < 4.78 is 28.4. The van der Waals surface area contributed by atoms with Crippen molar-refractivity contribution in [3.63, 3.8) is 0 Å². The summed E-state index contributed by atoms with van der Waals surface area (Å²) in [5.74, 6) is -0.615. The number of nitrogens with one attached hydrogen (secondary N) is 1. The number of piperazine rings is 1. The summed E-state index contributed by atoms with van der Waals surface area (Å²) in [5, 5.41) is 2.95. The molecule has 6 nitrogen and oxygen atoms in total. The van der Waals surface area contributed by atoms with Crippen LogP contribution in [0.5, 0.6) is 0 Å². The Morgan fingerprint density at radius 2 is 1.78 bits per heavy atom. The Bertz CT molecular complexity index is 1580. The number of hydrogen-bond acceptors (Lipinski definition) is 4. The zero-order chi connectivity index (χ0) is 28.4.